The summed E-state index contributed by atoms with van der Waals surface area (Å²) in [6.07, 6.45) is 0.119. The van der Waals surface area contributed by atoms with Gasteiger partial charge in [-0.25, -0.2) is 0 Å². The summed E-state index contributed by atoms with van der Waals surface area (Å²) in [5, 5.41) is 23.0. The average Bonchev–Trinajstić information content (AvgIpc) is 2.56. The van der Waals surface area contributed by atoms with Gasteiger partial charge >= 0.3 is 5.97 Å². The molecule has 26 heavy (non-hydrogen) atoms. The van der Waals surface area contributed by atoms with Crippen molar-refractivity contribution in [3.8, 4) is 0 Å². The first kappa shape index (κ1) is 19.4. The Morgan fingerprint density at radius 2 is 1.65 bits per heavy atom. The second kappa shape index (κ2) is 8.96. The van der Waals surface area contributed by atoms with Crippen molar-refractivity contribution in [3.05, 3.63) is 74.8 Å². The third kappa shape index (κ3) is 6.18. The molecule has 7 nitrogen and oxygen atoms in total. The van der Waals surface area contributed by atoms with Gasteiger partial charge in [-0.1, -0.05) is 35.9 Å². The molecule has 1 amide bonds. The molecule has 2 rings (SSSR count). The van der Waals surface area contributed by atoms with Crippen LogP contribution in [-0.4, -0.2) is 27.9 Å². The highest BCUT2D eigenvalue weighted by Crippen LogP contribution is 2.14. The Kier molecular flexibility index (Phi) is 6.68. The van der Waals surface area contributed by atoms with Crippen LogP contribution in [0.3, 0.4) is 0 Å². The molecule has 2 N–H and O–H groups in total. The zero-order valence-corrected chi connectivity index (χ0v) is 14.5. The molecule has 0 aliphatic rings. The van der Waals surface area contributed by atoms with Gasteiger partial charge in [-0.15, -0.1) is 0 Å². The van der Waals surface area contributed by atoms with E-state index in [2.05, 4.69) is 5.32 Å². The number of non-ortho nitro benzene ring substituents is 1. The van der Waals surface area contributed by atoms with Crippen molar-refractivity contribution < 1.29 is 19.6 Å². The van der Waals surface area contributed by atoms with E-state index in [0.29, 0.717) is 10.6 Å². The number of hydrogen-bond acceptors (Lipinski definition) is 4. The van der Waals surface area contributed by atoms with E-state index in [1.54, 1.807) is 36.4 Å². The summed E-state index contributed by atoms with van der Waals surface area (Å²) in [7, 11) is 0. The molecule has 0 saturated heterocycles. The van der Waals surface area contributed by atoms with E-state index < -0.39 is 16.9 Å². The molecule has 0 radical (unpaired) electrons. The van der Waals surface area contributed by atoms with Gasteiger partial charge in [0.1, 0.15) is 0 Å². The lowest BCUT2D eigenvalue weighted by Gasteiger charge is -2.17. The number of nitro benzene ring substituents is 1. The van der Waals surface area contributed by atoms with E-state index in [1.807, 2.05) is 0 Å². The van der Waals surface area contributed by atoms with Gasteiger partial charge in [-0.3, -0.25) is 19.7 Å². The van der Waals surface area contributed by atoms with Crippen molar-refractivity contribution in [2.45, 2.75) is 25.3 Å². The van der Waals surface area contributed by atoms with E-state index >= 15 is 0 Å². The van der Waals surface area contributed by atoms with Gasteiger partial charge < -0.3 is 10.4 Å². The molecule has 0 saturated carbocycles. The van der Waals surface area contributed by atoms with Crippen molar-refractivity contribution in [2.24, 2.45) is 0 Å². The predicted octanol–water partition coefficient (Wildman–Crippen LogP) is 2.99. The third-order valence-electron chi connectivity index (χ3n) is 3.69. The van der Waals surface area contributed by atoms with Crippen LogP contribution in [0.1, 0.15) is 17.5 Å². The maximum atomic E-state index is 12.2. The van der Waals surface area contributed by atoms with Crippen LogP contribution in [0.5, 0.6) is 0 Å². The van der Waals surface area contributed by atoms with Crippen LogP contribution in [0.4, 0.5) is 5.69 Å². The van der Waals surface area contributed by atoms with Crippen LogP contribution in [0.25, 0.3) is 0 Å². The topological polar surface area (TPSA) is 110 Å². The molecule has 0 fully saturated rings. The second-order valence-corrected chi connectivity index (χ2v) is 6.23. The smallest absolute Gasteiger partial charge is 0.305 e. The van der Waals surface area contributed by atoms with Gasteiger partial charge in [0.25, 0.3) is 5.69 Å². The number of benzene rings is 2. The number of hydrogen-bond donors (Lipinski definition) is 2. The van der Waals surface area contributed by atoms with Gasteiger partial charge in [0, 0.05) is 23.2 Å². The Balaban J connectivity index is 2.01. The molecule has 0 aliphatic heterocycles. The number of carboxylic acids is 1. The highest BCUT2D eigenvalue weighted by Gasteiger charge is 2.17. The first-order chi connectivity index (χ1) is 12.3. The fourth-order valence-electron chi connectivity index (χ4n) is 2.49. The Morgan fingerprint density at radius 3 is 2.19 bits per heavy atom. The highest BCUT2D eigenvalue weighted by atomic mass is 35.5. The Bertz CT molecular complexity index is 790. The number of rotatable bonds is 8. The van der Waals surface area contributed by atoms with E-state index in [9.17, 15) is 19.7 Å². The Morgan fingerprint density at radius 1 is 1.08 bits per heavy atom. The first-order valence-electron chi connectivity index (χ1n) is 7.82. The minimum atomic E-state index is -1.04. The molecule has 1 atom stereocenters. The third-order valence-corrected chi connectivity index (χ3v) is 3.95. The number of aliphatic carboxylic acids is 1. The lowest BCUT2D eigenvalue weighted by atomic mass is 10.0. The molecule has 136 valence electrons. The number of carbonyl (C=O) groups excluding carboxylic acids is 1. The minimum Gasteiger partial charge on any atom is -0.481 e. The summed E-state index contributed by atoms with van der Waals surface area (Å²) >= 11 is 5.80. The van der Waals surface area contributed by atoms with Crippen LogP contribution in [0.15, 0.2) is 48.5 Å². The lowest BCUT2D eigenvalue weighted by molar-refractivity contribution is -0.384. The minimum absolute atomic E-state index is 0.0460. The molecular formula is C18H17ClN2O5. The lowest BCUT2D eigenvalue weighted by Crippen LogP contribution is -2.38. The van der Waals surface area contributed by atoms with Gasteiger partial charge in [0.05, 0.1) is 17.8 Å². The molecular weight excluding hydrogens is 360 g/mol. The van der Waals surface area contributed by atoms with Gasteiger partial charge in [0.2, 0.25) is 5.91 Å². The molecule has 0 heterocycles. The van der Waals surface area contributed by atoms with E-state index in [1.165, 1.54) is 12.1 Å². The monoisotopic (exact) mass is 376 g/mol. The largest absolute Gasteiger partial charge is 0.481 e. The van der Waals surface area contributed by atoms with Crippen molar-refractivity contribution in [1.82, 2.24) is 5.32 Å². The van der Waals surface area contributed by atoms with Crippen LogP contribution < -0.4 is 5.32 Å². The normalized spacial score (nSPS) is 11.6. The molecule has 8 heteroatoms. The fourth-order valence-corrected chi connectivity index (χ4v) is 2.62. The van der Waals surface area contributed by atoms with E-state index in [0.717, 1.165) is 5.56 Å². The van der Waals surface area contributed by atoms with Crippen molar-refractivity contribution in [2.75, 3.05) is 0 Å². The van der Waals surface area contributed by atoms with Crippen LogP contribution in [-0.2, 0) is 22.4 Å². The molecule has 2 aromatic carbocycles. The summed E-state index contributed by atoms with van der Waals surface area (Å²) in [6, 6.07) is 12.0. The first-order valence-corrected chi connectivity index (χ1v) is 8.20. The van der Waals surface area contributed by atoms with Crippen LogP contribution in [0, 0.1) is 10.1 Å². The van der Waals surface area contributed by atoms with Crippen molar-refractivity contribution >= 4 is 29.2 Å². The SMILES string of the molecule is O=C(O)CC(Cc1ccc([N+](=O)[O-])cc1)NC(=O)Cc1ccc(Cl)cc1. The maximum Gasteiger partial charge on any atom is 0.305 e. The standard InChI is InChI=1S/C18H17ClN2O5/c19-14-5-1-13(2-6-14)10-17(22)20-15(11-18(23)24)9-12-3-7-16(8-4-12)21(25)26/h1-8,15H,9-11H2,(H,20,22)(H,23,24). The number of carboxylic acid groups (broad SMARTS) is 1. The number of amides is 1. The number of halogens is 1. The summed E-state index contributed by atoms with van der Waals surface area (Å²) < 4.78 is 0. The molecule has 0 spiro atoms. The summed E-state index contributed by atoms with van der Waals surface area (Å²) in [5.74, 6) is -1.34. The van der Waals surface area contributed by atoms with E-state index in [-0.39, 0.29) is 30.9 Å². The number of nitro groups is 1. The van der Waals surface area contributed by atoms with E-state index in [4.69, 9.17) is 16.7 Å². The van der Waals surface area contributed by atoms with Crippen molar-refractivity contribution in [3.63, 3.8) is 0 Å². The average molecular weight is 377 g/mol. The summed E-state index contributed by atoms with van der Waals surface area (Å²) in [4.78, 5) is 33.4. The molecule has 0 aliphatic carbocycles. The van der Waals surface area contributed by atoms with Gasteiger partial charge in [-0.2, -0.15) is 0 Å². The summed E-state index contributed by atoms with van der Waals surface area (Å²) in [5.41, 5.74) is 1.42. The van der Waals surface area contributed by atoms with Crippen molar-refractivity contribution in [1.29, 1.82) is 0 Å². The Labute approximate surface area is 154 Å². The zero-order valence-electron chi connectivity index (χ0n) is 13.7. The molecule has 0 aromatic heterocycles. The second-order valence-electron chi connectivity index (χ2n) is 5.79. The molecule has 2 aromatic rings. The summed E-state index contributed by atoms with van der Waals surface area (Å²) in [6.45, 7) is 0. The Hall–Kier alpha value is -2.93. The van der Waals surface area contributed by atoms with Gasteiger partial charge in [0.15, 0.2) is 0 Å². The fraction of sp³-hybridized carbons (Fsp3) is 0.222. The molecule has 1 unspecified atom stereocenters. The zero-order chi connectivity index (χ0) is 19.1. The van der Waals surface area contributed by atoms with Gasteiger partial charge in [-0.05, 0) is 29.7 Å². The number of carbonyl (C=O) groups is 2. The number of nitrogens with one attached hydrogen (secondary N) is 1. The number of nitrogens with zero attached hydrogens (tertiary/aromatic N) is 1. The predicted molar refractivity (Wildman–Crippen MR) is 96.1 cm³/mol. The highest BCUT2D eigenvalue weighted by molar-refractivity contribution is 6.30. The van der Waals surface area contributed by atoms with Crippen LogP contribution in [0.2, 0.25) is 5.02 Å². The molecule has 0 bridgehead atoms. The quantitative estimate of drug-likeness (QED) is 0.543. The van der Waals surface area contributed by atoms with Crippen LogP contribution >= 0.6 is 11.6 Å². The maximum absolute atomic E-state index is 12.2.